The summed E-state index contributed by atoms with van der Waals surface area (Å²) in [5, 5.41) is 31.3. The molecule has 0 radical (unpaired) electrons. The number of fused-ring (bicyclic) bond motifs is 1. The van der Waals surface area contributed by atoms with Crippen LogP contribution in [0.2, 0.25) is 0 Å². The fraction of sp³-hybridized carbons (Fsp3) is 0.261. The average Bonchev–Trinajstić information content (AvgIpc) is 3.34. The Kier molecular flexibility index (Phi) is 10.2. The Bertz CT molecular complexity index is 1480. The molecule has 1 unspecified atom stereocenters. The number of aliphatic carboxylic acids is 3. The number of nitrogens with two attached hydrogens (primary N) is 1. The van der Waals surface area contributed by atoms with E-state index in [1.54, 1.807) is 0 Å². The summed E-state index contributed by atoms with van der Waals surface area (Å²) in [4.78, 5) is 63.9. The number of halogens is 3. The molecule has 4 rings (SSSR count). The van der Waals surface area contributed by atoms with Gasteiger partial charge in [-0.2, -0.15) is 13.2 Å². The van der Waals surface area contributed by atoms with Crippen LogP contribution in [-0.2, 0) is 31.0 Å². The number of carbonyl (C=O) groups excluding carboxylic acids is 3. The number of aryl methyl sites for hydroxylation is 1. The van der Waals surface area contributed by atoms with Crippen molar-refractivity contribution in [3.8, 4) is 0 Å². The van der Waals surface area contributed by atoms with Gasteiger partial charge in [-0.25, -0.2) is 19.1 Å². The number of nitrogens with one attached hydrogen (secondary N) is 1. The molecule has 1 fully saturated rings. The highest BCUT2D eigenvalue weighted by atomic mass is 32.2. The summed E-state index contributed by atoms with van der Waals surface area (Å²) in [5.74, 6) is -6.20. The number of nitrogen functional groups attached to an aromatic ring is 1. The van der Waals surface area contributed by atoms with Crippen molar-refractivity contribution in [3.63, 3.8) is 0 Å². The van der Waals surface area contributed by atoms with Crippen LogP contribution in [0.3, 0.4) is 0 Å². The van der Waals surface area contributed by atoms with Crippen LogP contribution in [0, 0.1) is 0 Å². The highest BCUT2D eigenvalue weighted by Gasteiger charge is 2.54. The summed E-state index contributed by atoms with van der Waals surface area (Å²) in [6, 6.07) is 2.84. The molecule has 224 valence electrons. The van der Waals surface area contributed by atoms with E-state index in [2.05, 4.69) is 10.3 Å². The Labute approximate surface area is 246 Å². The molecule has 2 amide bonds. The van der Waals surface area contributed by atoms with E-state index in [4.69, 9.17) is 20.7 Å². The third-order valence-electron chi connectivity index (χ3n) is 5.44. The molecule has 2 aliphatic rings. The normalized spacial score (nSPS) is 18.3. The number of alkyl halides is 3. The van der Waals surface area contributed by atoms with E-state index in [0.717, 1.165) is 16.2 Å². The largest absolute Gasteiger partial charge is 0.542 e. The lowest BCUT2D eigenvalue weighted by molar-refractivity contribution is -0.671. The maximum Gasteiger partial charge on any atom is 0.430 e. The van der Waals surface area contributed by atoms with Gasteiger partial charge in [0.05, 0.1) is 11.3 Å². The summed E-state index contributed by atoms with van der Waals surface area (Å²) in [6.07, 6.45) is -0.723. The number of amides is 2. The second kappa shape index (κ2) is 13.3. The zero-order valence-corrected chi connectivity index (χ0v) is 23.6. The van der Waals surface area contributed by atoms with Gasteiger partial charge in [0.15, 0.2) is 17.5 Å². The van der Waals surface area contributed by atoms with E-state index < -0.39 is 47.3 Å². The average molecular weight is 648 g/mol. The van der Waals surface area contributed by atoms with Gasteiger partial charge < -0.3 is 31.2 Å². The molecule has 0 spiro atoms. The van der Waals surface area contributed by atoms with Gasteiger partial charge in [0.1, 0.15) is 30.1 Å². The Balaban J connectivity index is 0.000000616. The first-order valence-electron chi connectivity index (χ1n) is 11.3. The number of aromatic nitrogens is 2. The zero-order valence-electron chi connectivity index (χ0n) is 21.2. The molecule has 19 heteroatoms. The van der Waals surface area contributed by atoms with E-state index in [1.165, 1.54) is 33.8 Å². The number of anilines is 1. The molecule has 2 aromatic rings. The molecule has 0 saturated carbocycles. The smallest absolute Gasteiger partial charge is 0.430 e. The molecule has 0 aliphatic carbocycles. The molecule has 1 saturated heterocycles. The van der Waals surface area contributed by atoms with Crippen LogP contribution in [0.1, 0.15) is 5.69 Å². The second-order valence-electron chi connectivity index (χ2n) is 8.36. The van der Waals surface area contributed by atoms with Crippen molar-refractivity contribution in [1.29, 1.82) is 0 Å². The van der Waals surface area contributed by atoms with Crippen LogP contribution in [0.5, 0.6) is 0 Å². The van der Waals surface area contributed by atoms with Crippen LogP contribution >= 0.6 is 34.9 Å². The van der Waals surface area contributed by atoms with Crippen molar-refractivity contribution in [1.82, 2.24) is 15.2 Å². The zero-order chi connectivity index (χ0) is 31.4. The number of rotatable bonds is 8. The maximum atomic E-state index is 12.9. The second-order valence-corrected chi connectivity index (χ2v) is 11.4. The van der Waals surface area contributed by atoms with Gasteiger partial charge in [-0.15, -0.1) is 34.9 Å². The molecule has 4 heterocycles. The minimum atomic E-state index is -5.19. The Morgan fingerprint density at radius 1 is 1.29 bits per heavy atom. The van der Waals surface area contributed by atoms with E-state index in [1.807, 2.05) is 36.1 Å². The van der Waals surface area contributed by atoms with Gasteiger partial charge >= 0.3 is 18.1 Å². The first kappa shape index (κ1) is 32.4. The Morgan fingerprint density at radius 2 is 1.90 bits per heavy atom. The van der Waals surface area contributed by atoms with Gasteiger partial charge in [-0.3, -0.25) is 14.5 Å². The van der Waals surface area contributed by atoms with E-state index in [-0.39, 0.29) is 22.1 Å². The fourth-order valence-corrected chi connectivity index (χ4v) is 6.49. The number of carboxylic acids is 3. The van der Waals surface area contributed by atoms with Crippen LogP contribution < -0.4 is 20.7 Å². The van der Waals surface area contributed by atoms with Crippen molar-refractivity contribution in [2.75, 3.05) is 17.2 Å². The number of carbonyl (C=O) groups is 5. The number of β-lactam (4-membered cyclic amide) rings is 1. The lowest BCUT2D eigenvalue weighted by Gasteiger charge is -2.49. The van der Waals surface area contributed by atoms with Crippen LogP contribution in [-0.4, -0.2) is 78.9 Å². The third-order valence-corrected chi connectivity index (χ3v) is 8.55. The molecular weight excluding hydrogens is 627 g/mol. The van der Waals surface area contributed by atoms with Gasteiger partial charge in [-0.1, -0.05) is 0 Å². The molecule has 2 aromatic heterocycles. The lowest BCUT2D eigenvalue weighted by Crippen LogP contribution is -2.70. The molecule has 13 nitrogen and oxygen atoms in total. The number of pyridine rings is 1. The van der Waals surface area contributed by atoms with Crippen molar-refractivity contribution in [3.05, 3.63) is 52.9 Å². The van der Waals surface area contributed by atoms with Gasteiger partial charge in [0.25, 0.3) is 11.8 Å². The number of thioether (sulfide) groups is 2. The highest BCUT2D eigenvalue weighted by Crippen LogP contribution is 2.41. The molecule has 2 aliphatic heterocycles. The molecule has 2 atom stereocenters. The summed E-state index contributed by atoms with van der Waals surface area (Å²) in [7, 11) is 1.90. The number of thiazole rings is 1. The van der Waals surface area contributed by atoms with Gasteiger partial charge in [0.2, 0.25) is 0 Å². The first-order valence-corrected chi connectivity index (χ1v) is 14.2. The van der Waals surface area contributed by atoms with Crippen LogP contribution in [0.15, 0.2) is 52.1 Å². The van der Waals surface area contributed by atoms with Crippen LogP contribution in [0.4, 0.5) is 18.3 Å². The predicted molar refractivity (Wildman–Crippen MR) is 141 cm³/mol. The monoisotopic (exact) mass is 647 g/mol. The van der Waals surface area contributed by atoms with Crippen molar-refractivity contribution < 1.29 is 57.0 Å². The number of hydrogen-bond donors (Lipinski definition) is 4. The lowest BCUT2D eigenvalue weighted by atomic mass is 10.0. The van der Waals surface area contributed by atoms with Crippen molar-refractivity contribution >= 4 is 75.3 Å². The first-order chi connectivity index (χ1) is 19.6. The van der Waals surface area contributed by atoms with Crippen molar-refractivity contribution in [2.45, 2.75) is 22.5 Å². The summed E-state index contributed by atoms with van der Waals surface area (Å²) < 4.78 is 33.4. The van der Waals surface area contributed by atoms with Crippen LogP contribution in [0.25, 0.3) is 5.57 Å². The molecule has 0 bridgehead atoms. The quantitative estimate of drug-likeness (QED) is 0.128. The summed E-state index contributed by atoms with van der Waals surface area (Å²) >= 11 is 3.85. The van der Waals surface area contributed by atoms with E-state index in [9.17, 15) is 37.5 Å². The molecule has 42 heavy (non-hydrogen) atoms. The van der Waals surface area contributed by atoms with Gasteiger partial charge in [-0.05, 0) is 5.57 Å². The SMILES string of the molecule is C[n+]1ccc(SCC2=C(C(=O)O)N3C(=O)C(NC(=O)/C(=C\C(=O)O)c4csc(N)n4)[C@H]3SC2)cc1.O=C([O-])C(F)(F)F. The molecule has 5 N–H and O–H groups in total. The standard InChI is InChI=1S/C21H19N5O6S3.C2HF3O2/c1-25-4-2-11(3-5-25)33-7-10-8-34-19-15(18(30)26(19)16(10)20(31)32)24-17(29)12(6-14(27)28)13-9-35-21(22)23-13;3-2(4,5)1(6)7/h2-6,9,15,19H,7-8H2,1H3,(H4-,22,23,24,27,28,29,31,32);(H,6,7)/b12-6-;/t15?,19-;/m1./s1. The minimum absolute atomic E-state index is 0.0762. The maximum absolute atomic E-state index is 12.9. The highest BCUT2D eigenvalue weighted by molar-refractivity contribution is 8.01. The number of nitrogens with zero attached hydrogens (tertiary/aromatic N) is 3. The summed E-state index contributed by atoms with van der Waals surface area (Å²) in [6.45, 7) is 0. The fourth-order valence-electron chi connectivity index (χ4n) is 3.56. The Morgan fingerprint density at radius 3 is 2.40 bits per heavy atom. The topological polar surface area (TPSA) is 207 Å². The minimum Gasteiger partial charge on any atom is -0.542 e. The number of carboxylic acid groups (broad SMARTS) is 3. The Hall–Kier alpha value is -4.10. The van der Waals surface area contributed by atoms with Gasteiger partial charge in [0, 0.05) is 40.0 Å². The molecular formula is C23H20F3N5O8S3. The predicted octanol–water partition coefficient (Wildman–Crippen LogP) is -0.153. The number of hydrogen-bond acceptors (Lipinski definition) is 11. The van der Waals surface area contributed by atoms with E-state index >= 15 is 0 Å². The van der Waals surface area contributed by atoms with Crippen molar-refractivity contribution in [2.24, 2.45) is 7.05 Å². The van der Waals surface area contributed by atoms with E-state index in [0.29, 0.717) is 23.2 Å². The summed E-state index contributed by atoms with van der Waals surface area (Å²) in [5.41, 5.74) is 5.95. The molecule has 0 aromatic carbocycles. The third kappa shape index (κ3) is 7.79.